The summed E-state index contributed by atoms with van der Waals surface area (Å²) in [6.07, 6.45) is 3.09. The quantitative estimate of drug-likeness (QED) is 0.232. The van der Waals surface area contributed by atoms with Crippen molar-refractivity contribution in [1.82, 2.24) is 0 Å². The Balaban J connectivity index is 0. The molecule has 0 saturated heterocycles. The summed E-state index contributed by atoms with van der Waals surface area (Å²) < 4.78 is 43.0. The van der Waals surface area contributed by atoms with Crippen LogP contribution < -0.4 is 51.4 Å². The molecule has 0 aliphatic carbocycles. The third-order valence-corrected chi connectivity index (χ3v) is 4.93. The average Bonchev–Trinajstić information content (AvgIpc) is 2.60. The van der Waals surface area contributed by atoms with Crippen molar-refractivity contribution < 1.29 is 84.8 Å². The molecule has 1 aromatic rings. The van der Waals surface area contributed by atoms with Gasteiger partial charge in [0.15, 0.2) is 0 Å². The molecule has 0 bridgehead atoms. The molecule has 0 fully saturated rings. The number of hydrogen-bond acceptors (Lipinski definition) is 6. The average molecular weight is 455 g/mol. The summed E-state index contributed by atoms with van der Waals surface area (Å²) in [6, 6.07) is 3.37. The zero-order chi connectivity index (χ0) is 21.3. The van der Waals surface area contributed by atoms with Gasteiger partial charge in [0.05, 0.1) is 24.3 Å². The fourth-order valence-electron chi connectivity index (χ4n) is 2.51. The maximum atomic E-state index is 12.2. The molecular formula is C20H31KO7S. The predicted octanol–water partition coefficient (Wildman–Crippen LogP) is 1.24. The number of benzene rings is 1. The van der Waals surface area contributed by atoms with Gasteiger partial charge < -0.3 is 10.9 Å². The van der Waals surface area contributed by atoms with Crippen LogP contribution in [0.1, 0.15) is 75.5 Å². The van der Waals surface area contributed by atoms with Crippen molar-refractivity contribution in [2.45, 2.75) is 58.3 Å². The first-order valence-corrected chi connectivity index (χ1v) is 10.9. The second-order valence-electron chi connectivity index (χ2n) is 7.53. The van der Waals surface area contributed by atoms with Gasteiger partial charge in [-0.05, 0) is 55.7 Å². The molecule has 0 aliphatic heterocycles. The molecule has 0 heterocycles. The third kappa shape index (κ3) is 11.0. The number of carbonyl (C=O) groups is 2. The Hall–Kier alpha value is -0.294. The Morgan fingerprint density at radius 3 is 1.90 bits per heavy atom. The zero-order valence-electron chi connectivity index (χ0n) is 18.9. The van der Waals surface area contributed by atoms with Crippen molar-refractivity contribution in [1.29, 1.82) is 0 Å². The van der Waals surface area contributed by atoms with Gasteiger partial charge in [0, 0.05) is 0 Å². The Morgan fingerprint density at radius 1 is 0.966 bits per heavy atom. The van der Waals surface area contributed by atoms with Gasteiger partial charge in [-0.3, -0.25) is 4.55 Å². The van der Waals surface area contributed by atoms with Gasteiger partial charge in [0.2, 0.25) is 0 Å². The van der Waals surface area contributed by atoms with E-state index in [2.05, 4.69) is 13.8 Å². The molecule has 0 saturated carbocycles. The van der Waals surface area contributed by atoms with Crippen LogP contribution in [0.25, 0.3) is 0 Å². The van der Waals surface area contributed by atoms with Crippen molar-refractivity contribution in [3.63, 3.8) is 0 Å². The van der Waals surface area contributed by atoms with E-state index in [9.17, 15) is 22.6 Å². The fraction of sp³-hybridized carbons (Fsp3) is 0.600. The minimum absolute atomic E-state index is 0. The molecule has 1 N–H and O–H groups in total. The number of ether oxygens (including phenoxy) is 2. The van der Waals surface area contributed by atoms with Gasteiger partial charge in [-0.1, -0.05) is 27.7 Å². The van der Waals surface area contributed by atoms with Crippen LogP contribution in [0.15, 0.2) is 23.1 Å². The van der Waals surface area contributed by atoms with E-state index in [1.165, 1.54) is 6.07 Å². The molecule has 1 rings (SSSR count). The SMILES string of the molecule is CC(C)CCCOC(=O)c1ccc(C(=O)OCCCC(C)C)c(S(=O)(=O)O)c1.[H-].[K+]. The first kappa shape index (κ1) is 28.7. The normalized spacial score (nSPS) is 11.3. The zero-order valence-corrected chi connectivity index (χ0v) is 21.9. The van der Waals surface area contributed by atoms with E-state index in [1.54, 1.807) is 0 Å². The van der Waals surface area contributed by atoms with E-state index in [-0.39, 0.29) is 77.2 Å². The molecule has 0 aliphatic rings. The van der Waals surface area contributed by atoms with Crippen molar-refractivity contribution >= 4 is 22.1 Å². The summed E-state index contributed by atoms with van der Waals surface area (Å²) >= 11 is 0. The topological polar surface area (TPSA) is 107 Å². The van der Waals surface area contributed by atoms with Gasteiger partial charge >= 0.3 is 63.3 Å². The van der Waals surface area contributed by atoms with Crippen LogP contribution in [-0.4, -0.2) is 38.1 Å². The molecule has 9 heteroatoms. The first-order chi connectivity index (χ1) is 13.0. The van der Waals surface area contributed by atoms with Gasteiger partial charge in [-0.2, -0.15) is 8.42 Å². The van der Waals surface area contributed by atoms with E-state index in [0.717, 1.165) is 25.0 Å². The third-order valence-electron chi connectivity index (χ3n) is 4.03. The van der Waals surface area contributed by atoms with Gasteiger partial charge in [-0.15, -0.1) is 0 Å². The van der Waals surface area contributed by atoms with E-state index in [0.29, 0.717) is 24.7 Å². The Morgan fingerprint density at radius 2 is 1.45 bits per heavy atom. The van der Waals surface area contributed by atoms with Crippen LogP contribution in [0.2, 0.25) is 0 Å². The maximum absolute atomic E-state index is 12.2. The summed E-state index contributed by atoms with van der Waals surface area (Å²) in [5, 5.41) is 0. The van der Waals surface area contributed by atoms with E-state index >= 15 is 0 Å². The number of rotatable bonds is 11. The van der Waals surface area contributed by atoms with Crippen LogP contribution in [0.4, 0.5) is 0 Å². The van der Waals surface area contributed by atoms with Crippen LogP contribution in [0.3, 0.4) is 0 Å². The summed E-state index contributed by atoms with van der Waals surface area (Å²) in [6.45, 7) is 8.54. The molecule has 1 aromatic carbocycles. The summed E-state index contributed by atoms with van der Waals surface area (Å²) in [5.74, 6) is -0.646. The molecule has 0 atom stereocenters. The summed E-state index contributed by atoms with van der Waals surface area (Å²) in [7, 11) is -4.72. The minimum atomic E-state index is -4.72. The van der Waals surface area contributed by atoms with Crippen LogP contribution in [0, 0.1) is 11.8 Å². The van der Waals surface area contributed by atoms with E-state index in [1.807, 2.05) is 13.8 Å². The Labute approximate surface area is 217 Å². The number of esters is 2. The van der Waals surface area contributed by atoms with E-state index < -0.39 is 27.0 Å². The fourth-order valence-corrected chi connectivity index (χ4v) is 3.21. The first-order valence-electron chi connectivity index (χ1n) is 9.48. The molecule has 7 nitrogen and oxygen atoms in total. The van der Waals surface area contributed by atoms with E-state index in [4.69, 9.17) is 9.47 Å². The molecule has 29 heavy (non-hydrogen) atoms. The van der Waals surface area contributed by atoms with Crippen LogP contribution in [-0.2, 0) is 19.6 Å². The Kier molecular flexibility index (Phi) is 13.8. The second-order valence-corrected chi connectivity index (χ2v) is 8.92. The molecule has 0 unspecified atom stereocenters. The molecule has 160 valence electrons. The Bertz CT molecular complexity index is 779. The van der Waals surface area contributed by atoms with Crippen molar-refractivity contribution in [2.24, 2.45) is 11.8 Å². The van der Waals surface area contributed by atoms with Crippen molar-refractivity contribution in [2.75, 3.05) is 13.2 Å². The van der Waals surface area contributed by atoms with Crippen LogP contribution in [0.5, 0.6) is 0 Å². The molecule has 0 aromatic heterocycles. The maximum Gasteiger partial charge on any atom is 1.00 e. The number of carbonyl (C=O) groups excluding carboxylic acids is 2. The van der Waals surface area contributed by atoms with Gasteiger partial charge in [-0.25, -0.2) is 9.59 Å². The van der Waals surface area contributed by atoms with Gasteiger partial charge in [0.25, 0.3) is 10.1 Å². The molecular weight excluding hydrogens is 423 g/mol. The number of hydrogen-bond donors (Lipinski definition) is 1. The standard InChI is InChI=1S/C20H30O7S.K.H/c1-14(2)7-5-11-26-19(21)16-9-10-17(18(13-16)28(23,24)25)20(22)27-12-6-8-15(3)4;;/h9-10,13-15H,5-8,11-12H2,1-4H3,(H,23,24,25);;/q;+1;-1. The monoisotopic (exact) mass is 454 g/mol. The molecule has 0 spiro atoms. The summed E-state index contributed by atoms with van der Waals surface area (Å²) in [5.41, 5.74) is -0.378. The smallest absolute Gasteiger partial charge is 1.00 e. The largest absolute Gasteiger partial charge is 1.00 e. The summed E-state index contributed by atoms with van der Waals surface area (Å²) in [4.78, 5) is 23.6. The predicted molar refractivity (Wildman–Crippen MR) is 106 cm³/mol. The second kappa shape index (κ2) is 13.9. The van der Waals surface area contributed by atoms with Gasteiger partial charge in [0.1, 0.15) is 4.90 Å². The minimum Gasteiger partial charge on any atom is -1.00 e. The molecule has 0 amide bonds. The van der Waals surface area contributed by atoms with Crippen molar-refractivity contribution in [3.8, 4) is 0 Å². The molecule has 0 radical (unpaired) electrons. The van der Waals surface area contributed by atoms with Crippen molar-refractivity contribution in [3.05, 3.63) is 29.3 Å². The van der Waals surface area contributed by atoms with Crippen LogP contribution >= 0.6 is 0 Å².